The van der Waals surface area contributed by atoms with Gasteiger partial charge in [-0.05, 0) is 18.7 Å². The molecule has 0 unspecified atom stereocenters. The van der Waals surface area contributed by atoms with Crippen molar-refractivity contribution in [3.63, 3.8) is 0 Å². The SMILES string of the molecule is CCNc1cc([N+](=O)[O-])cc(Sc2n[nH]c(=O)n2C)n1. The average molecular weight is 296 g/mol. The molecule has 0 bridgehead atoms. The zero-order valence-corrected chi connectivity index (χ0v) is 11.6. The summed E-state index contributed by atoms with van der Waals surface area (Å²) in [5, 5.41) is 20.7. The Kier molecular flexibility index (Phi) is 4.03. The fourth-order valence-electron chi connectivity index (χ4n) is 1.44. The van der Waals surface area contributed by atoms with Crippen LogP contribution >= 0.6 is 11.8 Å². The molecule has 9 nitrogen and oxygen atoms in total. The standard InChI is InChI=1S/C10H12N6O3S/c1-3-11-7-4-6(16(18)19)5-8(12-7)20-10-14-13-9(17)15(10)2/h4-5H,3H2,1-2H3,(H,11,12)(H,13,17). The molecule has 0 spiro atoms. The Labute approximate surface area is 117 Å². The van der Waals surface area contributed by atoms with Crippen LogP contribution in [-0.2, 0) is 7.05 Å². The van der Waals surface area contributed by atoms with Gasteiger partial charge in [0.25, 0.3) is 5.69 Å². The minimum Gasteiger partial charge on any atom is -0.370 e. The fraction of sp³-hybridized carbons (Fsp3) is 0.300. The molecule has 0 aliphatic carbocycles. The van der Waals surface area contributed by atoms with Crippen molar-refractivity contribution in [2.75, 3.05) is 11.9 Å². The second kappa shape index (κ2) is 5.74. The van der Waals surface area contributed by atoms with Gasteiger partial charge in [-0.25, -0.2) is 14.9 Å². The summed E-state index contributed by atoms with van der Waals surface area (Å²) in [5.41, 5.74) is -0.427. The van der Waals surface area contributed by atoms with E-state index in [4.69, 9.17) is 0 Å². The number of anilines is 1. The third-order valence-electron chi connectivity index (χ3n) is 2.39. The molecule has 0 aromatic carbocycles. The van der Waals surface area contributed by atoms with Crippen LogP contribution in [0.5, 0.6) is 0 Å². The first-order chi connectivity index (χ1) is 9.51. The van der Waals surface area contributed by atoms with Gasteiger partial charge in [-0.15, -0.1) is 5.10 Å². The number of nitro groups is 1. The quantitative estimate of drug-likeness (QED) is 0.623. The maximum Gasteiger partial charge on any atom is 0.343 e. The van der Waals surface area contributed by atoms with Crippen LogP contribution in [0.1, 0.15) is 6.92 Å². The third-order valence-corrected chi connectivity index (χ3v) is 3.36. The Morgan fingerprint density at radius 2 is 2.30 bits per heavy atom. The molecule has 0 fully saturated rings. The van der Waals surface area contributed by atoms with E-state index in [2.05, 4.69) is 20.5 Å². The van der Waals surface area contributed by atoms with E-state index in [9.17, 15) is 14.9 Å². The largest absolute Gasteiger partial charge is 0.370 e. The van der Waals surface area contributed by atoms with Crippen LogP contribution in [0.3, 0.4) is 0 Å². The number of hydrogen-bond donors (Lipinski definition) is 2. The summed E-state index contributed by atoms with van der Waals surface area (Å²) in [5.74, 6) is 0.407. The molecule has 2 N–H and O–H groups in total. The third kappa shape index (κ3) is 2.96. The van der Waals surface area contributed by atoms with E-state index in [0.29, 0.717) is 22.5 Å². The molecule has 0 radical (unpaired) electrons. The van der Waals surface area contributed by atoms with Gasteiger partial charge >= 0.3 is 5.69 Å². The highest BCUT2D eigenvalue weighted by molar-refractivity contribution is 7.99. The highest BCUT2D eigenvalue weighted by Gasteiger charge is 2.14. The normalized spacial score (nSPS) is 10.5. The summed E-state index contributed by atoms with van der Waals surface area (Å²) in [6.07, 6.45) is 0. The molecule has 2 rings (SSSR count). The first-order valence-electron chi connectivity index (χ1n) is 5.71. The molecule has 106 valence electrons. The Morgan fingerprint density at radius 3 is 2.85 bits per heavy atom. The van der Waals surface area contributed by atoms with Crippen molar-refractivity contribution in [2.24, 2.45) is 7.05 Å². The molecule has 10 heteroatoms. The smallest absolute Gasteiger partial charge is 0.343 e. The van der Waals surface area contributed by atoms with Crippen molar-refractivity contribution in [1.29, 1.82) is 0 Å². The van der Waals surface area contributed by atoms with Crippen molar-refractivity contribution in [2.45, 2.75) is 17.1 Å². The summed E-state index contributed by atoms with van der Waals surface area (Å²) in [6.45, 7) is 2.46. The van der Waals surface area contributed by atoms with Crippen molar-refractivity contribution >= 4 is 23.3 Å². The first-order valence-corrected chi connectivity index (χ1v) is 6.52. The molecule has 2 aromatic rings. The molecule has 0 saturated carbocycles. The number of nitrogens with zero attached hydrogens (tertiary/aromatic N) is 4. The monoisotopic (exact) mass is 296 g/mol. The van der Waals surface area contributed by atoms with Gasteiger partial charge in [0, 0.05) is 19.7 Å². The maximum absolute atomic E-state index is 11.3. The van der Waals surface area contributed by atoms with E-state index in [1.165, 1.54) is 16.7 Å². The lowest BCUT2D eigenvalue weighted by molar-refractivity contribution is -0.385. The molecular formula is C10H12N6O3S. The van der Waals surface area contributed by atoms with Crippen molar-refractivity contribution in [3.8, 4) is 0 Å². The van der Waals surface area contributed by atoms with E-state index in [0.717, 1.165) is 11.8 Å². The Morgan fingerprint density at radius 1 is 1.55 bits per heavy atom. The molecule has 0 saturated heterocycles. The Hall–Kier alpha value is -2.36. The Balaban J connectivity index is 2.37. The number of hydrogen-bond acceptors (Lipinski definition) is 7. The molecule has 0 aliphatic heterocycles. The summed E-state index contributed by atoms with van der Waals surface area (Å²) in [6, 6.07) is 2.70. The molecule has 0 atom stereocenters. The predicted molar refractivity (Wildman–Crippen MR) is 73.0 cm³/mol. The highest BCUT2D eigenvalue weighted by atomic mass is 32.2. The van der Waals surface area contributed by atoms with Crippen molar-refractivity contribution in [1.82, 2.24) is 19.7 Å². The van der Waals surface area contributed by atoms with Crippen molar-refractivity contribution < 1.29 is 4.92 Å². The molecular weight excluding hydrogens is 284 g/mol. The van der Waals surface area contributed by atoms with Crippen LogP contribution in [0.15, 0.2) is 27.1 Å². The Bertz CT molecular complexity index is 695. The van der Waals surface area contributed by atoms with Crippen LogP contribution < -0.4 is 11.0 Å². The molecule has 0 amide bonds. The lowest BCUT2D eigenvalue weighted by Gasteiger charge is -2.05. The number of aromatic nitrogens is 4. The van der Waals surface area contributed by atoms with E-state index >= 15 is 0 Å². The number of H-pyrrole nitrogens is 1. The van der Waals surface area contributed by atoms with Crippen LogP contribution in [0, 0.1) is 10.1 Å². The zero-order valence-electron chi connectivity index (χ0n) is 10.8. The number of nitrogens with one attached hydrogen (secondary N) is 2. The minimum absolute atomic E-state index is 0.0704. The second-order valence-corrected chi connectivity index (χ2v) is 4.80. The van der Waals surface area contributed by atoms with Gasteiger partial charge in [0.05, 0.1) is 11.0 Å². The topological polar surface area (TPSA) is 119 Å². The van der Waals surface area contributed by atoms with Gasteiger partial charge in [0.2, 0.25) is 0 Å². The van der Waals surface area contributed by atoms with E-state index in [1.807, 2.05) is 6.92 Å². The van der Waals surface area contributed by atoms with Crippen molar-refractivity contribution in [3.05, 3.63) is 32.7 Å². The average Bonchev–Trinajstić information content (AvgIpc) is 2.71. The lowest BCUT2D eigenvalue weighted by atomic mass is 10.4. The van der Waals surface area contributed by atoms with Gasteiger partial charge in [0.15, 0.2) is 5.16 Å². The van der Waals surface area contributed by atoms with Gasteiger partial charge < -0.3 is 5.32 Å². The number of rotatable bonds is 5. The van der Waals surface area contributed by atoms with E-state index in [1.54, 1.807) is 7.05 Å². The summed E-state index contributed by atoms with van der Waals surface area (Å²) < 4.78 is 1.30. The first kappa shape index (κ1) is 14.1. The minimum atomic E-state index is -0.490. The zero-order chi connectivity index (χ0) is 14.7. The van der Waals surface area contributed by atoms with E-state index in [-0.39, 0.29) is 11.4 Å². The number of aromatic amines is 1. The van der Waals surface area contributed by atoms with Gasteiger partial charge in [-0.3, -0.25) is 14.7 Å². The second-order valence-electron chi connectivity index (χ2n) is 3.81. The van der Waals surface area contributed by atoms with Crippen LogP contribution in [0.4, 0.5) is 11.5 Å². The molecule has 20 heavy (non-hydrogen) atoms. The van der Waals surface area contributed by atoms with Crippen LogP contribution in [-0.4, -0.2) is 31.2 Å². The predicted octanol–water partition coefficient (Wildman–Crippen LogP) is 0.995. The summed E-state index contributed by atoms with van der Waals surface area (Å²) >= 11 is 1.07. The lowest BCUT2D eigenvalue weighted by Crippen LogP contribution is -2.12. The van der Waals surface area contributed by atoms with Gasteiger partial charge in [0.1, 0.15) is 10.8 Å². The summed E-state index contributed by atoms with van der Waals surface area (Å²) in [7, 11) is 1.55. The van der Waals surface area contributed by atoms with Crippen LogP contribution in [0.2, 0.25) is 0 Å². The van der Waals surface area contributed by atoms with E-state index < -0.39 is 4.92 Å². The maximum atomic E-state index is 11.3. The molecule has 2 aromatic heterocycles. The fourth-order valence-corrected chi connectivity index (χ4v) is 2.26. The number of pyridine rings is 1. The van der Waals surface area contributed by atoms with Gasteiger partial charge in [-0.1, -0.05) is 0 Å². The summed E-state index contributed by atoms with van der Waals surface area (Å²) in [4.78, 5) is 25.9. The molecule has 0 aliphatic rings. The molecule has 2 heterocycles. The van der Waals surface area contributed by atoms with Gasteiger partial charge in [-0.2, -0.15) is 0 Å². The van der Waals surface area contributed by atoms with Crippen LogP contribution in [0.25, 0.3) is 0 Å². The highest BCUT2D eigenvalue weighted by Crippen LogP contribution is 2.28.